The van der Waals surface area contributed by atoms with Crippen LogP contribution in [0.1, 0.15) is 36.6 Å². The molecule has 200 valence electrons. The summed E-state index contributed by atoms with van der Waals surface area (Å²) in [5, 5.41) is 11.8. The lowest BCUT2D eigenvalue weighted by molar-refractivity contribution is -0.113. The lowest BCUT2D eigenvalue weighted by Gasteiger charge is -2.29. The molecule has 1 aromatic heterocycles. The molecule has 0 saturated carbocycles. The molecule has 2 N–H and O–H groups in total. The SMILES string of the molecule is CCc1ccc(C2C(C(=O)Nc3ccccc3OC)=C(C)Nc3nc(SCc4cccc(OC)c4)nn32)cc1. The van der Waals surface area contributed by atoms with Gasteiger partial charge in [0.05, 0.1) is 25.5 Å². The summed E-state index contributed by atoms with van der Waals surface area (Å²) in [6.45, 7) is 4.02. The Hall–Kier alpha value is -4.24. The molecule has 0 spiro atoms. The van der Waals surface area contributed by atoms with Gasteiger partial charge < -0.3 is 20.1 Å². The smallest absolute Gasteiger partial charge is 0.255 e. The second-order valence-corrected chi connectivity index (χ2v) is 10.1. The number of thioether (sulfide) groups is 1. The molecule has 1 aliphatic heterocycles. The van der Waals surface area contributed by atoms with Gasteiger partial charge in [-0.2, -0.15) is 4.98 Å². The Morgan fingerprint density at radius 1 is 1.03 bits per heavy atom. The number of carbonyl (C=O) groups excluding carboxylic acids is 1. The number of benzene rings is 3. The number of anilines is 2. The summed E-state index contributed by atoms with van der Waals surface area (Å²) < 4.78 is 12.6. The third-order valence-electron chi connectivity index (χ3n) is 6.64. The number of nitrogens with one attached hydrogen (secondary N) is 2. The van der Waals surface area contributed by atoms with Gasteiger partial charge in [-0.25, -0.2) is 4.68 Å². The molecular weight excluding hydrogens is 510 g/mol. The Morgan fingerprint density at radius 2 is 1.82 bits per heavy atom. The van der Waals surface area contributed by atoms with Crippen molar-refractivity contribution in [3.8, 4) is 11.5 Å². The van der Waals surface area contributed by atoms with Crippen LogP contribution < -0.4 is 20.1 Å². The first kappa shape index (κ1) is 26.4. The molecule has 0 fully saturated rings. The van der Waals surface area contributed by atoms with E-state index >= 15 is 0 Å². The van der Waals surface area contributed by atoms with Gasteiger partial charge in [0.1, 0.15) is 17.5 Å². The topological polar surface area (TPSA) is 90.3 Å². The second-order valence-electron chi connectivity index (χ2n) is 9.12. The maximum Gasteiger partial charge on any atom is 0.255 e. The Labute approximate surface area is 232 Å². The molecule has 0 radical (unpaired) electrons. The molecule has 5 rings (SSSR count). The van der Waals surface area contributed by atoms with Crippen LogP contribution in [0.5, 0.6) is 11.5 Å². The van der Waals surface area contributed by atoms with Gasteiger partial charge in [0.15, 0.2) is 0 Å². The quantitative estimate of drug-likeness (QED) is 0.248. The molecule has 3 aromatic carbocycles. The number of methoxy groups -OCH3 is 2. The number of aromatic nitrogens is 3. The third-order valence-corrected chi connectivity index (χ3v) is 7.55. The van der Waals surface area contributed by atoms with E-state index in [1.54, 1.807) is 18.9 Å². The van der Waals surface area contributed by atoms with Gasteiger partial charge >= 0.3 is 0 Å². The minimum atomic E-state index is -0.458. The van der Waals surface area contributed by atoms with Crippen LogP contribution in [0.15, 0.2) is 89.2 Å². The second kappa shape index (κ2) is 11.7. The third kappa shape index (κ3) is 5.63. The van der Waals surface area contributed by atoms with Crippen molar-refractivity contribution in [3.63, 3.8) is 0 Å². The molecule has 0 aliphatic carbocycles. The predicted molar refractivity (Wildman–Crippen MR) is 154 cm³/mol. The highest BCUT2D eigenvalue weighted by Gasteiger charge is 2.34. The molecule has 0 bridgehead atoms. The highest BCUT2D eigenvalue weighted by Crippen LogP contribution is 2.38. The average molecular weight is 542 g/mol. The molecule has 1 aliphatic rings. The Bertz CT molecular complexity index is 1510. The zero-order chi connectivity index (χ0) is 27.4. The normalized spacial score (nSPS) is 14.4. The molecule has 8 nitrogen and oxygen atoms in total. The summed E-state index contributed by atoms with van der Waals surface area (Å²) >= 11 is 1.53. The number of rotatable bonds is 9. The fraction of sp³-hybridized carbons (Fsp3) is 0.233. The van der Waals surface area contributed by atoms with Crippen molar-refractivity contribution in [2.45, 2.75) is 37.2 Å². The molecule has 4 aromatic rings. The van der Waals surface area contributed by atoms with Crippen LogP contribution in [0.2, 0.25) is 0 Å². The highest BCUT2D eigenvalue weighted by molar-refractivity contribution is 7.98. The number of nitrogens with zero attached hydrogens (tertiary/aromatic N) is 3. The lowest BCUT2D eigenvalue weighted by atomic mass is 9.94. The van der Waals surface area contributed by atoms with Crippen LogP contribution in [0, 0.1) is 0 Å². The van der Waals surface area contributed by atoms with Gasteiger partial charge in [0, 0.05) is 11.4 Å². The fourth-order valence-electron chi connectivity index (χ4n) is 4.58. The number of hydrogen-bond acceptors (Lipinski definition) is 7. The largest absolute Gasteiger partial charge is 0.497 e. The van der Waals surface area contributed by atoms with Crippen molar-refractivity contribution < 1.29 is 14.3 Å². The van der Waals surface area contributed by atoms with E-state index in [1.807, 2.05) is 55.5 Å². The zero-order valence-electron chi connectivity index (χ0n) is 22.4. The number of ether oxygens (including phenoxy) is 2. The number of amides is 1. The van der Waals surface area contributed by atoms with Crippen molar-refractivity contribution in [2.24, 2.45) is 0 Å². The fourth-order valence-corrected chi connectivity index (χ4v) is 5.35. The standard InChI is InChI=1S/C30H31N5O3S/c1-5-20-13-15-22(16-14-20)27-26(28(36)32-24-11-6-7-12-25(24)38-4)19(2)31-29-33-30(34-35(27)29)39-18-21-9-8-10-23(17-21)37-3/h6-17,27H,5,18H2,1-4H3,(H,32,36)(H,31,33,34). The van der Waals surface area contributed by atoms with E-state index in [0.717, 1.165) is 29.0 Å². The zero-order valence-corrected chi connectivity index (χ0v) is 23.2. The summed E-state index contributed by atoms with van der Waals surface area (Å²) in [7, 11) is 3.25. The van der Waals surface area contributed by atoms with E-state index in [1.165, 1.54) is 17.3 Å². The number of para-hydroxylation sites is 2. The van der Waals surface area contributed by atoms with Crippen molar-refractivity contribution in [1.29, 1.82) is 0 Å². The summed E-state index contributed by atoms with van der Waals surface area (Å²) in [5.41, 5.74) is 5.17. The lowest BCUT2D eigenvalue weighted by Crippen LogP contribution is -2.31. The van der Waals surface area contributed by atoms with Crippen LogP contribution in [-0.2, 0) is 17.0 Å². The first-order valence-corrected chi connectivity index (χ1v) is 13.7. The minimum Gasteiger partial charge on any atom is -0.497 e. The molecule has 1 amide bonds. The van der Waals surface area contributed by atoms with E-state index in [2.05, 4.69) is 41.8 Å². The van der Waals surface area contributed by atoms with E-state index in [-0.39, 0.29) is 5.91 Å². The molecule has 1 unspecified atom stereocenters. The van der Waals surface area contributed by atoms with Crippen molar-refractivity contribution in [3.05, 3.63) is 101 Å². The number of allylic oxidation sites excluding steroid dienone is 1. The van der Waals surface area contributed by atoms with Crippen LogP contribution in [0.4, 0.5) is 11.6 Å². The minimum absolute atomic E-state index is 0.235. The van der Waals surface area contributed by atoms with Gasteiger partial charge in [-0.15, -0.1) is 5.10 Å². The summed E-state index contributed by atoms with van der Waals surface area (Å²) in [6, 6.07) is 23.2. The van der Waals surface area contributed by atoms with Crippen molar-refractivity contribution >= 4 is 29.3 Å². The number of aryl methyl sites for hydroxylation is 1. The Balaban J connectivity index is 1.48. The maximum atomic E-state index is 13.8. The van der Waals surface area contributed by atoms with Gasteiger partial charge in [0.25, 0.3) is 5.91 Å². The van der Waals surface area contributed by atoms with Crippen LogP contribution >= 0.6 is 11.8 Å². The number of hydrogen-bond donors (Lipinski definition) is 2. The van der Waals surface area contributed by atoms with E-state index < -0.39 is 6.04 Å². The number of fused-ring (bicyclic) bond motifs is 1. The van der Waals surface area contributed by atoms with Crippen LogP contribution in [0.3, 0.4) is 0 Å². The molecular formula is C30H31N5O3S. The van der Waals surface area contributed by atoms with E-state index in [0.29, 0.717) is 33.9 Å². The summed E-state index contributed by atoms with van der Waals surface area (Å²) in [5.74, 6) is 2.45. The van der Waals surface area contributed by atoms with Gasteiger partial charge in [-0.05, 0) is 54.3 Å². The Morgan fingerprint density at radius 3 is 2.56 bits per heavy atom. The van der Waals surface area contributed by atoms with Crippen LogP contribution in [-0.4, -0.2) is 34.9 Å². The van der Waals surface area contributed by atoms with Gasteiger partial charge in [0.2, 0.25) is 11.1 Å². The van der Waals surface area contributed by atoms with Crippen molar-refractivity contribution in [2.75, 3.05) is 24.9 Å². The Kier molecular flexibility index (Phi) is 7.88. The molecule has 1 atom stereocenters. The highest BCUT2D eigenvalue weighted by atomic mass is 32.2. The van der Waals surface area contributed by atoms with Gasteiger partial charge in [-0.1, -0.05) is 67.2 Å². The monoisotopic (exact) mass is 541 g/mol. The molecule has 0 saturated heterocycles. The van der Waals surface area contributed by atoms with E-state index in [4.69, 9.17) is 19.6 Å². The summed E-state index contributed by atoms with van der Waals surface area (Å²) in [4.78, 5) is 18.6. The predicted octanol–water partition coefficient (Wildman–Crippen LogP) is 6.08. The molecule has 2 heterocycles. The first-order chi connectivity index (χ1) is 19.0. The van der Waals surface area contributed by atoms with Crippen molar-refractivity contribution in [1.82, 2.24) is 14.8 Å². The first-order valence-electron chi connectivity index (χ1n) is 12.7. The van der Waals surface area contributed by atoms with E-state index in [9.17, 15) is 4.79 Å². The average Bonchev–Trinajstić information content (AvgIpc) is 3.38. The summed E-state index contributed by atoms with van der Waals surface area (Å²) in [6.07, 6.45) is 0.933. The van der Waals surface area contributed by atoms with Crippen LogP contribution in [0.25, 0.3) is 0 Å². The molecule has 39 heavy (non-hydrogen) atoms. The molecule has 9 heteroatoms. The number of carbonyl (C=O) groups is 1. The van der Waals surface area contributed by atoms with Gasteiger partial charge in [-0.3, -0.25) is 4.79 Å². The maximum absolute atomic E-state index is 13.8.